The minimum atomic E-state index is 0.0695. The molecule has 1 aromatic carbocycles. The molecule has 6 heteroatoms. The topological polar surface area (TPSA) is 76.2 Å². The van der Waals surface area contributed by atoms with E-state index in [0.29, 0.717) is 22.9 Å². The molecule has 1 heterocycles. The highest BCUT2D eigenvalue weighted by molar-refractivity contribution is 5.97. The fourth-order valence-electron chi connectivity index (χ4n) is 3.19. The number of anilines is 1. The highest BCUT2D eigenvalue weighted by Gasteiger charge is 2.25. The Bertz CT molecular complexity index is 733. The first kappa shape index (κ1) is 16.4. The number of rotatable bonds is 5. The first-order valence-electron chi connectivity index (χ1n) is 8.22. The third-order valence-electron chi connectivity index (χ3n) is 4.58. The van der Waals surface area contributed by atoms with Gasteiger partial charge in [0.15, 0.2) is 0 Å². The van der Waals surface area contributed by atoms with Gasteiger partial charge in [0.2, 0.25) is 5.91 Å². The van der Waals surface area contributed by atoms with Gasteiger partial charge >= 0.3 is 0 Å². The molecular weight excluding hydrogens is 306 g/mol. The largest absolute Gasteiger partial charge is 0.497 e. The van der Waals surface area contributed by atoms with Crippen LogP contribution in [0.2, 0.25) is 0 Å². The Morgan fingerprint density at radius 2 is 2.00 bits per heavy atom. The third-order valence-corrected chi connectivity index (χ3v) is 4.58. The molecule has 1 amide bonds. The summed E-state index contributed by atoms with van der Waals surface area (Å²) < 4.78 is 10.8. The molecule has 6 nitrogen and oxygen atoms in total. The Morgan fingerprint density at radius 3 is 2.67 bits per heavy atom. The van der Waals surface area contributed by atoms with Crippen molar-refractivity contribution >= 4 is 11.6 Å². The molecule has 1 fully saturated rings. The first-order chi connectivity index (χ1) is 11.6. The van der Waals surface area contributed by atoms with E-state index in [9.17, 15) is 4.79 Å². The number of aromatic amines is 1. The fourth-order valence-corrected chi connectivity index (χ4v) is 3.19. The lowest BCUT2D eigenvalue weighted by Gasteiger charge is -2.13. The van der Waals surface area contributed by atoms with Crippen molar-refractivity contribution in [3.63, 3.8) is 0 Å². The highest BCUT2D eigenvalue weighted by Crippen LogP contribution is 2.38. The van der Waals surface area contributed by atoms with Crippen LogP contribution in [0.3, 0.4) is 0 Å². The van der Waals surface area contributed by atoms with Gasteiger partial charge in [0.05, 0.1) is 25.6 Å². The van der Waals surface area contributed by atoms with Gasteiger partial charge in [0, 0.05) is 11.5 Å². The summed E-state index contributed by atoms with van der Waals surface area (Å²) in [6.45, 7) is 1.90. The van der Waals surface area contributed by atoms with Crippen LogP contribution in [0, 0.1) is 12.8 Å². The SMILES string of the molecule is COc1ccc(OC)c(-c2n[nH]c(C)c2NC(=O)C2CCCC2)c1. The van der Waals surface area contributed by atoms with Crippen molar-refractivity contribution in [2.75, 3.05) is 19.5 Å². The van der Waals surface area contributed by atoms with Gasteiger partial charge in [-0.2, -0.15) is 5.10 Å². The Hall–Kier alpha value is -2.50. The Labute approximate surface area is 141 Å². The molecule has 0 radical (unpaired) electrons. The highest BCUT2D eigenvalue weighted by atomic mass is 16.5. The van der Waals surface area contributed by atoms with E-state index in [0.717, 1.165) is 36.9 Å². The van der Waals surface area contributed by atoms with Crippen molar-refractivity contribution in [2.45, 2.75) is 32.6 Å². The summed E-state index contributed by atoms with van der Waals surface area (Å²) in [4.78, 5) is 12.5. The van der Waals surface area contributed by atoms with E-state index in [2.05, 4.69) is 15.5 Å². The standard InChI is InChI=1S/C18H23N3O3/c1-11-16(19-18(22)12-6-4-5-7-12)17(21-20-11)14-10-13(23-2)8-9-15(14)24-3/h8-10,12H,4-7H2,1-3H3,(H,19,22)(H,20,21). The van der Waals surface area contributed by atoms with Gasteiger partial charge in [-0.25, -0.2) is 0 Å². The Morgan fingerprint density at radius 1 is 1.25 bits per heavy atom. The van der Waals surface area contributed by atoms with Crippen LogP contribution < -0.4 is 14.8 Å². The van der Waals surface area contributed by atoms with Gasteiger partial charge in [-0.1, -0.05) is 12.8 Å². The quantitative estimate of drug-likeness (QED) is 0.880. The second kappa shape index (κ2) is 6.95. The number of methoxy groups -OCH3 is 2. The number of nitrogens with one attached hydrogen (secondary N) is 2. The zero-order valence-electron chi connectivity index (χ0n) is 14.3. The molecule has 0 unspecified atom stereocenters. The summed E-state index contributed by atoms with van der Waals surface area (Å²) in [5.41, 5.74) is 2.97. The van der Waals surface area contributed by atoms with Crippen LogP contribution in [0.15, 0.2) is 18.2 Å². The number of carbonyl (C=O) groups excluding carboxylic acids is 1. The van der Waals surface area contributed by atoms with E-state index in [4.69, 9.17) is 9.47 Å². The van der Waals surface area contributed by atoms with Crippen LogP contribution in [0.1, 0.15) is 31.4 Å². The zero-order chi connectivity index (χ0) is 17.1. The van der Waals surface area contributed by atoms with Gasteiger partial charge in [0.25, 0.3) is 0 Å². The lowest BCUT2D eigenvalue weighted by molar-refractivity contribution is -0.119. The summed E-state index contributed by atoms with van der Waals surface area (Å²) in [5, 5.41) is 10.4. The molecule has 1 aliphatic rings. The van der Waals surface area contributed by atoms with Crippen LogP contribution in [0.25, 0.3) is 11.3 Å². The van der Waals surface area contributed by atoms with Crippen LogP contribution in [0.5, 0.6) is 11.5 Å². The number of ether oxygens (including phenoxy) is 2. The van der Waals surface area contributed by atoms with E-state index < -0.39 is 0 Å². The van der Waals surface area contributed by atoms with Crippen LogP contribution in [-0.2, 0) is 4.79 Å². The monoisotopic (exact) mass is 329 g/mol. The minimum Gasteiger partial charge on any atom is -0.497 e. The molecule has 0 atom stereocenters. The van der Waals surface area contributed by atoms with Crippen molar-refractivity contribution in [1.29, 1.82) is 0 Å². The van der Waals surface area contributed by atoms with Gasteiger partial charge < -0.3 is 14.8 Å². The van der Waals surface area contributed by atoms with Crippen molar-refractivity contribution in [3.8, 4) is 22.8 Å². The van der Waals surface area contributed by atoms with Gasteiger partial charge in [-0.15, -0.1) is 0 Å². The maximum atomic E-state index is 12.5. The molecule has 24 heavy (non-hydrogen) atoms. The van der Waals surface area contributed by atoms with Crippen LogP contribution in [-0.4, -0.2) is 30.3 Å². The number of amides is 1. The van der Waals surface area contributed by atoms with Crippen LogP contribution >= 0.6 is 0 Å². The fraction of sp³-hybridized carbons (Fsp3) is 0.444. The molecule has 1 aliphatic carbocycles. The minimum absolute atomic E-state index is 0.0695. The van der Waals surface area contributed by atoms with Gasteiger partial charge in [-0.05, 0) is 38.0 Å². The lowest BCUT2D eigenvalue weighted by atomic mass is 10.1. The average molecular weight is 329 g/mol. The maximum absolute atomic E-state index is 12.5. The molecule has 2 N–H and O–H groups in total. The molecule has 1 saturated carbocycles. The number of hydrogen-bond donors (Lipinski definition) is 2. The summed E-state index contributed by atoms with van der Waals surface area (Å²) in [6.07, 6.45) is 4.17. The number of aryl methyl sites for hydroxylation is 1. The second-order valence-corrected chi connectivity index (χ2v) is 6.11. The first-order valence-corrected chi connectivity index (χ1v) is 8.22. The molecule has 128 valence electrons. The van der Waals surface area contributed by atoms with Crippen molar-refractivity contribution in [2.24, 2.45) is 5.92 Å². The van der Waals surface area contributed by atoms with E-state index >= 15 is 0 Å². The predicted molar refractivity (Wildman–Crippen MR) is 92.5 cm³/mol. The lowest BCUT2D eigenvalue weighted by Crippen LogP contribution is -2.20. The third kappa shape index (κ3) is 3.09. The molecule has 0 bridgehead atoms. The van der Waals surface area contributed by atoms with E-state index in [1.54, 1.807) is 14.2 Å². The summed E-state index contributed by atoms with van der Waals surface area (Å²) >= 11 is 0. The number of benzene rings is 1. The molecule has 1 aromatic heterocycles. The van der Waals surface area contributed by atoms with Gasteiger partial charge in [-0.3, -0.25) is 9.89 Å². The number of H-pyrrole nitrogens is 1. The molecule has 0 aliphatic heterocycles. The normalized spacial score (nSPS) is 14.6. The van der Waals surface area contributed by atoms with Crippen LogP contribution in [0.4, 0.5) is 5.69 Å². The van der Waals surface area contributed by atoms with Crippen molar-refractivity contribution < 1.29 is 14.3 Å². The van der Waals surface area contributed by atoms with E-state index in [-0.39, 0.29) is 11.8 Å². The number of aromatic nitrogens is 2. The maximum Gasteiger partial charge on any atom is 0.227 e. The van der Waals surface area contributed by atoms with E-state index in [1.165, 1.54) is 0 Å². The Kier molecular flexibility index (Phi) is 4.74. The molecule has 2 aromatic rings. The smallest absolute Gasteiger partial charge is 0.227 e. The molecule has 0 spiro atoms. The second-order valence-electron chi connectivity index (χ2n) is 6.11. The summed E-state index contributed by atoms with van der Waals surface area (Å²) in [6, 6.07) is 5.53. The van der Waals surface area contributed by atoms with Crippen molar-refractivity contribution in [1.82, 2.24) is 10.2 Å². The van der Waals surface area contributed by atoms with Gasteiger partial charge in [0.1, 0.15) is 17.2 Å². The Balaban J connectivity index is 1.96. The van der Waals surface area contributed by atoms with E-state index in [1.807, 2.05) is 25.1 Å². The number of carbonyl (C=O) groups is 1. The summed E-state index contributed by atoms with van der Waals surface area (Å²) in [7, 11) is 3.23. The molecule has 3 rings (SSSR count). The number of nitrogens with zero attached hydrogens (tertiary/aromatic N) is 1. The summed E-state index contributed by atoms with van der Waals surface area (Å²) in [5.74, 6) is 1.55. The number of hydrogen-bond acceptors (Lipinski definition) is 4. The predicted octanol–water partition coefficient (Wildman–Crippen LogP) is 3.53. The average Bonchev–Trinajstić information content (AvgIpc) is 3.25. The zero-order valence-corrected chi connectivity index (χ0v) is 14.3. The molecular formula is C18H23N3O3. The van der Waals surface area contributed by atoms with Crippen molar-refractivity contribution in [3.05, 3.63) is 23.9 Å². The molecule has 0 saturated heterocycles.